The van der Waals surface area contributed by atoms with E-state index in [1.807, 2.05) is 12.1 Å². The van der Waals surface area contributed by atoms with Crippen LogP contribution in [0.2, 0.25) is 0 Å². The van der Waals surface area contributed by atoms with Gasteiger partial charge in [0.2, 0.25) is 5.91 Å². The van der Waals surface area contributed by atoms with Crippen molar-refractivity contribution in [1.29, 1.82) is 0 Å². The number of hydrogen-bond acceptors (Lipinski definition) is 5. The summed E-state index contributed by atoms with van der Waals surface area (Å²) in [6, 6.07) is 12.3. The molecular weight excluding hydrogens is 378 g/mol. The molecule has 1 atom stereocenters. The van der Waals surface area contributed by atoms with Crippen LogP contribution in [0.15, 0.2) is 53.9 Å². The highest BCUT2D eigenvalue weighted by Gasteiger charge is 2.43. The molecule has 3 heterocycles. The quantitative estimate of drug-likeness (QED) is 0.763. The van der Waals surface area contributed by atoms with Gasteiger partial charge in [-0.2, -0.15) is 0 Å². The molecule has 2 aliphatic rings. The number of benzene rings is 1. The van der Waals surface area contributed by atoms with Gasteiger partial charge in [-0.15, -0.1) is 0 Å². The highest BCUT2D eigenvalue weighted by atomic mass is 16.6. The van der Waals surface area contributed by atoms with Crippen LogP contribution in [0.1, 0.15) is 42.4 Å². The maximum Gasteiger partial charge on any atom is 0.226 e. The minimum atomic E-state index is -0.459. The van der Waals surface area contributed by atoms with Gasteiger partial charge in [-0.3, -0.25) is 9.78 Å². The molecule has 4 rings (SSSR count). The highest BCUT2D eigenvalue weighted by Crippen LogP contribution is 2.38. The minimum absolute atomic E-state index is 0.0784. The van der Waals surface area contributed by atoms with E-state index in [2.05, 4.69) is 46.6 Å². The first-order valence-electron chi connectivity index (χ1n) is 10.7. The van der Waals surface area contributed by atoms with Gasteiger partial charge >= 0.3 is 0 Å². The number of amides is 1. The fourth-order valence-electron chi connectivity index (χ4n) is 4.23. The number of pyridine rings is 1. The summed E-state index contributed by atoms with van der Waals surface area (Å²) in [5.74, 6) is 0.104. The van der Waals surface area contributed by atoms with Crippen LogP contribution < -0.4 is 5.32 Å². The number of carbonyl (C=O) groups is 1. The second kappa shape index (κ2) is 9.39. The third kappa shape index (κ3) is 4.87. The van der Waals surface area contributed by atoms with E-state index in [1.165, 1.54) is 11.1 Å². The second-order valence-corrected chi connectivity index (χ2v) is 8.29. The predicted octanol–water partition coefficient (Wildman–Crippen LogP) is 3.43. The van der Waals surface area contributed by atoms with E-state index in [0.29, 0.717) is 39.0 Å². The van der Waals surface area contributed by atoms with Gasteiger partial charge in [0, 0.05) is 45.0 Å². The van der Waals surface area contributed by atoms with Crippen molar-refractivity contribution in [2.75, 3.05) is 19.8 Å². The summed E-state index contributed by atoms with van der Waals surface area (Å²) < 4.78 is 5.56. The summed E-state index contributed by atoms with van der Waals surface area (Å²) in [4.78, 5) is 23.0. The summed E-state index contributed by atoms with van der Waals surface area (Å²) in [6.45, 7) is 3.90. The molecule has 6 heteroatoms. The standard InChI is InChI=1S/C24H29N3O3/c1-18-2-4-20(5-3-18)22-16-21(30-27-22)17-24(9-14-29-15-10-24)23(28)26-13-8-19-6-11-25-12-7-19/h2-7,11-12,21H,8-10,13-17H2,1H3,(H,26,28)/t21-/m1/s1. The maximum atomic E-state index is 13.2. The number of carbonyl (C=O) groups excluding carboxylic acids is 1. The molecule has 0 saturated carbocycles. The molecule has 0 radical (unpaired) electrons. The Labute approximate surface area is 177 Å². The van der Waals surface area contributed by atoms with Crippen molar-refractivity contribution in [2.45, 2.75) is 45.1 Å². The molecule has 1 aromatic carbocycles. The lowest BCUT2D eigenvalue weighted by atomic mass is 9.74. The van der Waals surface area contributed by atoms with Gasteiger partial charge < -0.3 is 14.9 Å². The fraction of sp³-hybridized carbons (Fsp3) is 0.458. The SMILES string of the molecule is Cc1ccc(C2=NO[C@@H](CC3(C(=O)NCCc4ccncc4)CCOCC3)C2)cc1. The first-order valence-corrected chi connectivity index (χ1v) is 10.7. The summed E-state index contributed by atoms with van der Waals surface area (Å²) in [6.07, 6.45) is 7.10. The van der Waals surface area contributed by atoms with Crippen LogP contribution in [0.25, 0.3) is 0 Å². The molecule has 30 heavy (non-hydrogen) atoms. The zero-order valence-electron chi connectivity index (χ0n) is 17.5. The summed E-state index contributed by atoms with van der Waals surface area (Å²) in [5.41, 5.74) is 3.98. The first kappa shape index (κ1) is 20.5. The van der Waals surface area contributed by atoms with Crippen LogP contribution in [0, 0.1) is 12.3 Å². The van der Waals surface area contributed by atoms with Gasteiger partial charge in [0.15, 0.2) is 0 Å². The molecule has 1 fully saturated rings. The number of hydrogen-bond donors (Lipinski definition) is 1. The summed E-state index contributed by atoms with van der Waals surface area (Å²) in [7, 11) is 0. The van der Waals surface area contributed by atoms with E-state index in [1.54, 1.807) is 12.4 Å². The van der Waals surface area contributed by atoms with Crippen molar-refractivity contribution in [3.63, 3.8) is 0 Å². The normalized spacial score (nSPS) is 20.3. The van der Waals surface area contributed by atoms with Gasteiger partial charge in [0.25, 0.3) is 0 Å². The van der Waals surface area contributed by atoms with Crippen molar-refractivity contribution in [2.24, 2.45) is 10.6 Å². The Kier molecular flexibility index (Phi) is 6.43. The molecule has 6 nitrogen and oxygen atoms in total. The molecular formula is C24H29N3O3. The van der Waals surface area contributed by atoms with E-state index >= 15 is 0 Å². The number of ether oxygens (including phenoxy) is 1. The molecule has 158 valence electrons. The Bertz CT molecular complexity index is 874. The Morgan fingerprint density at radius 3 is 2.60 bits per heavy atom. The molecule has 1 amide bonds. The lowest BCUT2D eigenvalue weighted by molar-refractivity contribution is -0.140. The average molecular weight is 408 g/mol. The van der Waals surface area contributed by atoms with Crippen LogP contribution in [-0.4, -0.2) is 42.5 Å². The van der Waals surface area contributed by atoms with E-state index in [4.69, 9.17) is 9.57 Å². The smallest absolute Gasteiger partial charge is 0.226 e. The second-order valence-electron chi connectivity index (χ2n) is 8.29. The van der Waals surface area contributed by atoms with Crippen LogP contribution in [0.5, 0.6) is 0 Å². The van der Waals surface area contributed by atoms with Crippen molar-refractivity contribution in [3.05, 3.63) is 65.5 Å². The van der Waals surface area contributed by atoms with E-state index in [0.717, 1.165) is 24.1 Å². The summed E-state index contributed by atoms with van der Waals surface area (Å²) in [5, 5.41) is 7.48. The number of aryl methyl sites for hydroxylation is 1. The van der Waals surface area contributed by atoms with Crippen molar-refractivity contribution >= 4 is 11.6 Å². The van der Waals surface area contributed by atoms with Crippen molar-refractivity contribution in [3.8, 4) is 0 Å². The Hall–Kier alpha value is -2.73. The molecule has 0 spiro atoms. The Balaban J connectivity index is 1.36. The van der Waals surface area contributed by atoms with Crippen LogP contribution >= 0.6 is 0 Å². The third-order valence-corrected chi connectivity index (χ3v) is 6.12. The molecule has 1 aromatic heterocycles. The molecule has 0 aliphatic carbocycles. The Morgan fingerprint density at radius 2 is 1.87 bits per heavy atom. The number of nitrogens with zero attached hydrogens (tertiary/aromatic N) is 2. The third-order valence-electron chi connectivity index (χ3n) is 6.12. The highest BCUT2D eigenvalue weighted by molar-refractivity contribution is 6.01. The van der Waals surface area contributed by atoms with Crippen LogP contribution in [-0.2, 0) is 20.8 Å². The fourth-order valence-corrected chi connectivity index (χ4v) is 4.23. The van der Waals surface area contributed by atoms with Gasteiger partial charge in [0.1, 0.15) is 6.10 Å². The van der Waals surface area contributed by atoms with Crippen molar-refractivity contribution in [1.82, 2.24) is 10.3 Å². The molecule has 1 saturated heterocycles. The number of rotatable bonds is 7. The van der Waals surface area contributed by atoms with E-state index in [9.17, 15) is 4.79 Å². The predicted molar refractivity (Wildman–Crippen MR) is 115 cm³/mol. The summed E-state index contributed by atoms with van der Waals surface area (Å²) >= 11 is 0. The number of oxime groups is 1. The van der Waals surface area contributed by atoms with E-state index in [-0.39, 0.29) is 12.0 Å². The first-order chi connectivity index (χ1) is 14.6. The van der Waals surface area contributed by atoms with Crippen LogP contribution in [0.3, 0.4) is 0 Å². The number of nitrogens with one attached hydrogen (secondary N) is 1. The average Bonchev–Trinajstić information content (AvgIpc) is 3.24. The molecule has 0 bridgehead atoms. The molecule has 2 aromatic rings. The molecule has 2 aliphatic heterocycles. The topological polar surface area (TPSA) is 72.8 Å². The van der Waals surface area contributed by atoms with Crippen molar-refractivity contribution < 1.29 is 14.4 Å². The zero-order chi connectivity index (χ0) is 20.8. The molecule has 1 N–H and O–H groups in total. The number of aromatic nitrogens is 1. The molecule has 0 unspecified atom stereocenters. The Morgan fingerprint density at radius 1 is 1.13 bits per heavy atom. The van der Waals surface area contributed by atoms with Gasteiger partial charge in [-0.25, -0.2) is 0 Å². The van der Waals surface area contributed by atoms with Gasteiger partial charge in [-0.05, 0) is 49.4 Å². The largest absolute Gasteiger partial charge is 0.392 e. The lowest BCUT2D eigenvalue weighted by Gasteiger charge is -2.37. The monoisotopic (exact) mass is 407 g/mol. The lowest BCUT2D eigenvalue weighted by Crippen LogP contribution is -2.47. The van der Waals surface area contributed by atoms with Crippen LogP contribution in [0.4, 0.5) is 0 Å². The zero-order valence-corrected chi connectivity index (χ0v) is 17.5. The van der Waals surface area contributed by atoms with Gasteiger partial charge in [-0.1, -0.05) is 35.0 Å². The minimum Gasteiger partial charge on any atom is -0.392 e. The van der Waals surface area contributed by atoms with E-state index < -0.39 is 5.41 Å². The maximum absolute atomic E-state index is 13.2. The van der Waals surface area contributed by atoms with Gasteiger partial charge in [0.05, 0.1) is 11.1 Å².